The van der Waals surface area contributed by atoms with Crippen molar-refractivity contribution in [2.75, 3.05) is 5.75 Å². The molecule has 0 N–H and O–H groups in total. The number of carbonyl (C=O) groups is 1. The molecule has 0 atom stereocenters. The number of rotatable bonds is 10. The fourth-order valence-electron chi connectivity index (χ4n) is 3.84. The first kappa shape index (κ1) is 23.1. The van der Waals surface area contributed by atoms with E-state index in [-0.39, 0.29) is 5.78 Å². The van der Waals surface area contributed by atoms with Gasteiger partial charge < -0.3 is 4.42 Å². The summed E-state index contributed by atoms with van der Waals surface area (Å²) in [6.07, 6.45) is 3.92. The zero-order valence-electron chi connectivity index (χ0n) is 19.2. The number of hydrogen-bond donors (Lipinski definition) is 0. The molecular weight excluding hydrogens is 426 g/mol. The van der Waals surface area contributed by atoms with Crippen LogP contribution in [0.2, 0.25) is 0 Å². The van der Waals surface area contributed by atoms with E-state index in [9.17, 15) is 4.79 Å². The molecule has 0 saturated carbocycles. The molecule has 33 heavy (non-hydrogen) atoms. The molecule has 0 amide bonds. The van der Waals surface area contributed by atoms with Gasteiger partial charge in [-0.15, -0.1) is 0 Å². The molecule has 0 radical (unpaired) electrons. The molecule has 0 aliphatic rings. The van der Waals surface area contributed by atoms with Crippen LogP contribution in [0.15, 0.2) is 88.5 Å². The van der Waals surface area contributed by atoms with Crippen molar-refractivity contribution in [1.82, 2.24) is 4.98 Å². The third-order valence-electron chi connectivity index (χ3n) is 5.66. The number of aryl methyl sites for hydroxylation is 2. The summed E-state index contributed by atoms with van der Waals surface area (Å²) in [5, 5.41) is 0.521. The van der Waals surface area contributed by atoms with E-state index in [1.807, 2.05) is 60.7 Å². The Morgan fingerprint density at radius 2 is 1.64 bits per heavy atom. The van der Waals surface area contributed by atoms with E-state index < -0.39 is 0 Å². The second-order valence-corrected chi connectivity index (χ2v) is 9.18. The molecule has 0 spiro atoms. The average molecular weight is 456 g/mol. The van der Waals surface area contributed by atoms with E-state index in [1.54, 1.807) is 0 Å². The highest BCUT2D eigenvalue weighted by Crippen LogP contribution is 2.35. The summed E-state index contributed by atoms with van der Waals surface area (Å²) in [6.45, 7) is 4.30. The minimum Gasteiger partial charge on any atom is -0.431 e. The highest BCUT2D eigenvalue weighted by Gasteiger charge is 2.18. The minimum absolute atomic E-state index is 0.171. The Kier molecular flexibility index (Phi) is 7.79. The van der Waals surface area contributed by atoms with E-state index in [4.69, 9.17) is 9.40 Å². The smallest absolute Gasteiger partial charge is 0.257 e. The van der Waals surface area contributed by atoms with Crippen LogP contribution in [0.4, 0.5) is 0 Å². The van der Waals surface area contributed by atoms with Crippen LogP contribution >= 0.6 is 11.8 Å². The largest absolute Gasteiger partial charge is 0.431 e. The number of ketones is 1. The lowest BCUT2D eigenvalue weighted by atomic mass is 9.99. The normalized spacial score (nSPS) is 11.0. The summed E-state index contributed by atoms with van der Waals surface area (Å²) >= 11 is 1.36. The molecule has 0 bridgehead atoms. The molecule has 4 heteroatoms. The zero-order chi connectivity index (χ0) is 23.0. The number of hydrogen-bond acceptors (Lipinski definition) is 4. The van der Waals surface area contributed by atoms with Gasteiger partial charge in [0.1, 0.15) is 11.5 Å². The Morgan fingerprint density at radius 3 is 2.30 bits per heavy atom. The number of carbonyl (C=O) groups excluding carboxylic acids is 1. The summed E-state index contributed by atoms with van der Waals surface area (Å²) in [7, 11) is 0. The highest BCUT2D eigenvalue weighted by atomic mass is 32.2. The zero-order valence-corrected chi connectivity index (χ0v) is 20.0. The number of unbranched alkanes of at least 4 members (excludes halogenated alkanes) is 1. The first-order valence-corrected chi connectivity index (χ1v) is 12.5. The third-order valence-corrected chi connectivity index (χ3v) is 6.55. The molecule has 0 aliphatic heterocycles. The number of thioether (sulfide) groups is 1. The van der Waals surface area contributed by atoms with Crippen LogP contribution in [0.25, 0.3) is 22.6 Å². The number of oxazole rings is 1. The second kappa shape index (κ2) is 11.2. The van der Waals surface area contributed by atoms with Crippen LogP contribution in [-0.4, -0.2) is 16.5 Å². The van der Waals surface area contributed by atoms with Gasteiger partial charge in [-0.05, 0) is 36.5 Å². The lowest BCUT2D eigenvalue weighted by molar-refractivity contribution is -0.116. The van der Waals surface area contributed by atoms with Gasteiger partial charge in [-0.1, -0.05) is 104 Å². The number of aromatic nitrogens is 1. The molecule has 0 fully saturated rings. The summed E-state index contributed by atoms with van der Waals surface area (Å²) in [4.78, 5) is 17.5. The molecule has 0 aliphatic carbocycles. The van der Waals surface area contributed by atoms with Crippen LogP contribution in [0.5, 0.6) is 0 Å². The van der Waals surface area contributed by atoms with Crippen LogP contribution < -0.4 is 0 Å². The predicted octanol–water partition coefficient (Wildman–Crippen LogP) is 7.56. The van der Waals surface area contributed by atoms with E-state index in [1.165, 1.54) is 35.7 Å². The molecule has 0 saturated heterocycles. The van der Waals surface area contributed by atoms with Crippen molar-refractivity contribution in [2.24, 2.45) is 0 Å². The Morgan fingerprint density at radius 1 is 0.939 bits per heavy atom. The number of Topliss-reactive ketones (excluding diaryl/α,β-unsaturated/α-hetero) is 1. The molecule has 4 aromatic rings. The maximum Gasteiger partial charge on any atom is 0.257 e. The van der Waals surface area contributed by atoms with Gasteiger partial charge in [0.2, 0.25) is 0 Å². The molecule has 4 rings (SSSR count). The van der Waals surface area contributed by atoms with Crippen LogP contribution in [0, 0.1) is 6.92 Å². The van der Waals surface area contributed by atoms with Crippen molar-refractivity contribution in [1.29, 1.82) is 0 Å². The van der Waals surface area contributed by atoms with Crippen LogP contribution in [-0.2, 0) is 17.6 Å². The first-order chi connectivity index (χ1) is 16.1. The van der Waals surface area contributed by atoms with Gasteiger partial charge in [-0.2, -0.15) is 0 Å². The summed E-state index contributed by atoms with van der Waals surface area (Å²) < 4.78 is 6.13. The Balaban J connectivity index is 1.46. The van der Waals surface area contributed by atoms with Crippen molar-refractivity contribution >= 4 is 17.5 Å². The van der Waals surface area contributed by atoms with Gasteiger partial charge >= 0.3 is 0 Å². The maximum absolute atomic E-state index is 12.7. The predicted molar refractivity (Wildman–Crippen MR) is 137 cm³/mol. The van der Waals surface area contributed by atoms with Crippen molar-refractivity contribution < 1.29 is 9.21 Å². The monoisotopic (exact) mass is 455 g/mol. The quantitative estimate of drug-likeness (QED) is 0.231. The van der Waals surface area contributed by atoms with Gasteiger partial charge in [0.15, 0.2) is 5.76 Å². The molecule has 1 heterocycles. The van der Waals surface area contributed by atoms with E-state index in [0.717, 1.165) is 34.6 Å². The standard InChI is InChI=1S/C29H29NO2S/c1-3-4-11-22-16-17-25(21(2)18-22)19-26(31)20-33-29-30-27(23-12-7-5-8-13-23)28(32-29)24-14-9-6-10-15-24/h5-10,12-18H,3-4,11,19-20H2,1-2H3. The maximum atomic E-state index is 12.7. The molecule has 0 unspecified atom stereocenters. The Bertz CT molecular complexity index is 1140. The van der Waals surface area contributed by atoms with Gasteiger partial charge in [-0.3, -0.25) is 4.79 Å². The fourth-order valence-corrected chi connectivity index (χ4v) is 4.52. The summed E-state index contributed by atoms with van der Waals surface area (Å²) in [5.41, 5.74) is 6.41. The van der Waals surface area contributed by atoms with E-state index >= 15 is 0 Å². The second-order valence-electron chi connectivity index (χ2n) is 8.26. The number of nitrogens with zero attached hydrogens (tertiary/aromatic N) is 1. The Hall–Kier alpha value is -3.11. The summed E-state index contributed by atoms with van der Waals surface area (Å²) in [5.74, 6) is 1.24. The third kappa shape index (κ3) is 6.02. The van der Waals surface area contributed by atoms with Crippen molar-refractivity contribution in [3.05, 3.63) is 95.6 Å². The summed E-state index contributed by atoms with van der Waals surface area (Å²) in [6, 6.07) is 26.5. The van der Waals surface area contributed by atoms with Crippen molar-refractivity contribution in [2.45, 2.75) is 44.8 Å². The average Bonchev–Trinajstić information content (AvgIpc) is 3.28. The molecule has 3 aromatic carbocycles. The molecule has 1 aromatic heterocycles. The van der Waals surface area contributed by atoms with E-state index in [2.05, 4.69) is 32.0 Å². The van der Waals surface area contributed by atoms with Crippen LogP contribution in [0.1, 0.15) is 36.5 Å². The first-order valence-electron chi connectivity index (χ1n) is 11.5. The minimum atomic E-state index is 0.171. The van der Waals surface area contributed by atoms with Crippen molar-refractivity contribution in [3.8, 4) is 22.6 Å². The van der Waals surface area contributed by atoms with Crippen molar-refractivity contribution in [3.63, 3.8) is 0 Å². The molecule has 3 nitrogen and oxygen atoms in total. The van der Waals surface area contributed by atoms with E-state index in [0.29, 0.717) is 17.4 Å². The van der Waals surface area contributed by atoms with Gasteiger partial charge in [0.25, 0.3) is 5.22 Å². The van der Waals surface area contributed by atoms with Gasteiger partial charge in [-0.25, -0.2) is 4.98 Å². The Labute approximate surface area is 200 Å². The fraction of sp³-hybridized carbons (Fsp3) is 0.241. The van der Waals surface area contributed by atoms with Gasteiger partial charge in [0.05, 0.1) is 5.75 Å². The highest BCUT2D eigenvalue weighted by molar-refractivity contribution is 7.99. The molecule has 168 valence electrons. The SMILES string of the molecule is CCCCc1ccc(CC(=O)CSc2nc(-c3ccccc3)c(-c3ccccc3)o2)c(C)c1. The van der Waals surface area contributed by atoms with Gasteiger partial charge in [0, 0.05) is 17.5 Å². The lowest BCUT2D eigenvalue weighted by Gasteiger charge is -2.08. The molecular formula is C29H29NO2S. The van der Waals surface area contributed by atoms with Crippen LogP contribution in [0.3, 0.4) is 0 Å². The number of benzene rings is 3. The topological polar surface area (TPSA) is 43.1 Å². The lowest BCUT2D eigenvalue weighted by Crippen LogP contribution is -2.07.